The second-order valence-electron chi connectivity index (χ2n) is 8.43. The van der Waals surface area contributed by atoms with Crippen LogP contribution in [0.3, 0.4) is 0 Å². The SMILES string of the molecule is C/N=C(/C)C(/N=C(\C)C(=O)NC1CCCCC1)=C(N)N1CC(CCO)c2ccccc21. The highest BCUT2D eigenvalue weighted by Crippen LogP contribution is 2.39. The monoisotopic (exact) mass is 425 g/mol. The van der Waals surface area contributed by atoms with Crippen LogP contribution in [0.5, 0.6) is 0 Å². The first-order valence-electron chi connectivity index (χ1n) is 11.2. The van der Waals surface area contributed by atoms with Gasteiger partial charge in [-0.15, -0.1) is 0 Å². The molecule has 0 spiro atoms. The fourth-order valence-electron chi connectivity index (χ4n) is 4.44. The van der Waals surface area contributed by atoms with E-state index in [0.29, 0.717) is 35.9 Å². The number of aliphatic imine (C=N–C) groups is 2. The van der Waals surface area contributed by atoms with E-state index >= 15 is 0 Å². The third-order valence-electron chi connectivity index (χ3n) is 6.31. The van der Waals surface area contributed by atoms with Crippen LogP contribution >= 0.6 is 0 Å². The van der Waals surface area contributed by atoms with Gasteiger partial charge in [-0.3, -0.25) is 9.79 Å². The Hall–Kier alpha value is -2.67. The van der Waals surface area contributed by atoms with Crippen LogP contribution in [0, 0.1) is 0 Å². The van der Waals surface area contributed by atoms with Crippen molar-refractivity contribution in [1.29, 1.82) is 0 Å². The number of nitrogens with two attached hydrogens (primary N) is 1. The summed E-state index contributed by atoms with van der Waals surface area (Å²) in [6, 6.07) is 8.32. The van der Waals surface area contributed by atoms with Crippen LogP contribution < -0.4 is 16.0 Å². The van der Waals surface area contributed by atoms with Crippen molar-refractivity contribution in [3.8, 4) is 0 Å². The van der Waals surface area contributed by atoms with Crippen LogP contribution in [-0.4, -0.2) is 48.7 Å². The maximum absolute atomic E-state index is 12.8. The minimum absolute atomic E-state index is 0.122. The lowest BCUT2D eigenvalue weighted by Gasteiger charge is -2.23. The quantitative estimate of drug-likeness (QED) is 0.584. The predicted octanol–water partition coefficient (Wildman–Crippen LogP) is 3.10. The molecule has 7 heteroatoms. The molecular formula is C24H35N5O2. The first kappa shape index (κ1) is 23.0. The summed E-state index contributed by atoms with van der Waals surface area (Å²) in [5.74, 6) is 0.515. The largest absolute Gasteiger partial charge is 0.396 e. The van der Waals surface area contributed by atoms with E-state index in [1.54, 1.807) is 14.0 Å². The molecule has 4 N–H and O–H groups in total. The van der Waals surface area contributed by atoms with Gasteiger partial charge in [-0.2, -0.15) is 0 Å². The zero-order chi connectivity index (χ0) is 22.4. The number of nitrogens with one attached hydrogen (secondary N) is 1. The molecule has 0 radical (unpaired) electrons. The lowest BCUT2D eigenvalue weighted by molar-refractivity contribution is -0.115. The number of aliphatic hydroxyl groups excluding tert-OH is 1. The molecule has 1 amide bonds. The summed E-state index contributed by atoms with van der Waals surface area (Å²) in [5.41, 5.74) is 10.4. The Kier molecular flexibility index (Phi) is 7.85. The van der Waals surface area contributed by atoms with E-state index < -0.39 is 0 Å². The van der Waals surface area contributed by atoms with Crippen LogP contribution in [-0.2, 0) is 4.79 Å². The Morgan fingerprint density at radius 2 is 1.90 bits per heavy atom. The number of allylic oxidation sites excluding steroid dienone is 1. The van der Waals surface area contributed by atoms with Crippen molar-refractivity contribution in [3.05, 3.63) is 41.3 Å². The molecule has 168 valence electrons. The number of hydrogen-bond donors (Lipinski definition) is 3. The number of nitrogens with zero attached hydrogens (tertiary/aromatic N) is 3. The van der Waals surface area contributed by atoms with Gasteiger partial charge in [-0.25, -0.2) is 4.99 Å². The Morgan fingerprint density at radius 3 is 2.58 bits per heavy atom. The fourth-order valence-corrected chi connectivity index (χ4v) is 4.44. The number of benzene rings is 1. The van der Waals surface area contributed by atoms with E-state index in [1.165, 1.54) is 12.0 Å². The molecule has 1 aliphatic heterocycles. The normalized spacial score (nSPS) is 21.0. The maximum atomic E-state index is 12.8. The second kappa shape index (κ2) is 10.6. The van der Waals surface area contributed by atoms with Crippen LogP contribution in [0.1, 0.15) is 63.9 Å². The molecule has 7 nitrogen and oxygen atoms in total. The topological polar surface area (TPSA) is 103 Å². The smallest absolute Gasteiger partial charge is 0.265 e. The number of anilines is 1. The van der Waals surface area contributed by atoms with Gasteiger partial charge >= 0.3 is 0 Å². The lowest BCUT2D eigenvalue weighted by Crippen LogP contribution is -2.39. The first-order valence-corrected chi connectivity index (χ1v) is 11.2. The summed E-state index contributed by atoms with van der Waals surface area (Å²) in [6.07, 6.45) is 6.27. The minimum atomic E-state index is -0.152. The summed E-state index contributed by atoms with van der Waals surface area (Å²) < 4.78 is 0. The zero-order valence-electron chi connectivity index (χ0n) is 18.9. The molecule has 0 saturated heterocycles. The Labute approximate surface area is 185 Å². The zero-order valence-corrected chi connectivity index (χ0v) is 18.9. The van der Waals surface area contributed by atoms with Gasteiger partial charge in [0, 0.05) is 37.8 Å². The number of hydrogen-bond acceptors (Lipinski definition) is 6. The van der Waals surface area contributed by atoms with Crippen LogP contribution in [0.15, 0.2) is 45.8 Å². The highest BCUT2D eigenvalue weighted by Gasteiger charge is 2.31. The minimum Gasteiger partial charge on any atom is -0.396 e. The average Bonchev–Trinajstić information content (AvgIpc) is 3.16. The summed E-state index contributed by atoms with van der Waals surface area (Å²) in [4.78, 5) is 23.7. The van der Waals surface area contributed by atoms with Crippen LogP contribution in [0.25, 0.3) is 0 Å². The number of rotatable bonds is 7. The van der Waals surface area contributed by atoms with Gasteiger partial charge in [-0.05, 0) is 44.7 Å². The molecule has 2 aliphatic rings. The summed E-state index contributed by atoms with van der Waals surface area (Å²) in [5, 5.41) is 12.6. The Bertz CT molecular complexity index is 884. The molecule has 3 rings (SSSR count). The van der Waals surface area contributed by atoms with Crippen molar-refractivity contribution in [3.63, 3.8) is 0 Å². The lowest BCUT2D eigenvalue weighted by atomic mass is 9.95. The van der Waals surface area contributed by atoms with Crippen molar-refractivity contribution in [2.24, 2.45) is 15.7 Å². The third kappa shape index (κ3) is 5.34. The van der Waals surface area contributed by atoms with Crippen molar-refractivity contribution in [1.82, 2.24) is 5.32 Å². The number of para-hydroxylation sites is 1. The van der Waals surface area contributed by atoms with Gasteiger partial charge < -0.3 is 21.1 Å². The molecule has 0 aromatic heterocycles. The molecule has 0 bridgehead atoms. The van der Waals surface area contributed by atoms with Gasteiger partial charge in [0.05, 0.1) is 5.71 Å². The van der Waals surface area contributed by atoms with Gasteiger partial charge in [0.25, 0.3) is 5.91 Å². The van der Waals surface area contributed by atoms with E-state index in [1.807, 2.05) is 30.0 Å². The number of carbonyl (C=O) groups excluding carboxylic acids is 1. The molecule has 1 atom stereocenters. The molecule has 1 heterocycles. The molecule has 1 fully saturated rings. The molecule has 1 unspecified atom stereocenters. The third-order valence-corrected chi connectivity index (χ3v) is 6.31. The second-order valence-corrected chi connectivity index (χ2v) is 8.43. The molecule has 31 heavy (non-hydrogen) atoms. The van der Waals surface area contributed by atoms with E-state index in [-0.39, 0.29) is 24.5 Å². The number of aliphatic hydroxyl groups is 1. The Balaban J connectivity index is 1.90. The van der Waals surface area contributed by atoms with Crippen molar-refractivity contribution in [2.45, 2.75) is 64.3 Å². The van der Waals surface area contributed by atoms with Crippen molar-refractivity contribution >= 4 is 23.0 Å². The molecule has 1 saturated carbocycles. The molecule has 1 aliphatic carbocycles. The van der Waals surface area contributed by atoms with Gasteiger partial charge in [0.15, 0.2) is 0 Å². The van der Waals surface area contributed by atoms with Gasteiger partial charge in [0.2, 0.25) is 0 Å². The van der Waals surface area contributed by atoms with E-state index in [0.717, 1.165) is 31.4 Å². The van der Waals surface area contributed by atoms with Crippen molar-refractivity contribution < 1.29 is 9.90 Å². The van der Waals surface area contributed by atoms with E-state index in [4.69, 9.17) is 5.73 Å². The highest BCUT2D eigenvalue weighted by molar-refractivity contribution is 6.38. The molecule has 1 aromatic carbocycles. The van der Waals surface area contributed by atoms with Crippen LogP contribution in [0.4, 0.5) is 5.69 Å². The number of amides is 1. The van der Waals surface area contributed by atoms with Crippen molar-refractivity contribution in [2.75, 3.05) is 25.1 Å². The fraction of sp³-hybridized carbons (Fsp3) is 0.542. The highest BCUT2D eigenvalue weighted by atomic mass is 16.3. The Morgan fingerprint density at radius 1 is 1.19 bits per heavy atom. The van der Waals surface area contributed by atoms with E-state index in [9.17, 15) is 9.90 Å². The first-order chi connectivity index (χ1) is 15.0. The van der Waals surface area contributed by atoms with Gasteiger partial charge in [-0.1, -0.05) is 37.5 Å². The molecular weight excluding hydrogens is 390 g/mol. The standard InChI is InChI=1S/C24H35N5O2/c1-16(26-3)22(27-17(2)24(31)28-19-9-5-4-6-10-19)23(25)29-15-18(13-14-30)20-11-7-8-12-21(20)29/h7-8,11-12,18-19,30H,4-6,9-10,13-15,25H2,1-3H3,(H,28,31)/b23-22?,26-16-,27-17+. The van der Waals surface area contributed by atoms with Gasteiger partial charge in [0.1, 0.15) is 17.2 Å². The average molecular weight is 426 g/mol. The summed E-state index contributed by atoms with van der Waals surface area (Å²) >= 11 is 0. The maximum Gasteiger partial charge on any atom is 0.265 e. The summed E-state index contributed by atoms with van der Waals surface area (Å²) in [7, 11) is 1.70. The number of fused-ring (bicyclic) bond motifs is 1. The van der Waals surface area contributed by atoms with E-state index in [2.05, 4.69) is 21.4 Å². The summed E-state index contributed by atoms with van der Waals surface area (Å²) in [6.45, 7) is 4.36. The van der Waals surface area contributed by atoms with Crippen LogP contribution in [0.2, 0.25) is 0 Å². The predicted molar refractivity (Wildman–Crippen MR) is 127 cm³/mol. The molecule has 1 aromatic rings. The number of carbonyl (C=O) groups is 1.